The number of ether oxygens (including phenoxy) is 2. The number of likely N-dealkylation sites (N-methyl/N-ethyl adjacent to an activating group) is 1. The molecule has 7 nitrogen and oxygen atoms in total. The van der Waals surface area contributed by atoms with Crippen molar-refractivity contribution >= 4 is 11.9 Å². The second-order valence-corrected chi connectivity index (χ2v) is 4.26. The van der Waals surface area contributed by atoms with E-state index in [1.54, 1.807) is 7.05 Å². The third kappa shape index (κ3) is 3.38. The van der Waals surface area contributed by atoms with Gasteiger partial charge in [0, 0.05) is 12.6 Å². The molecule has 0 aliphatic carbocycles. The molecule has 0 fully saturated rings. The number of rotatable bonds is 5. The van der Waals surface area contributed by atoms with Crippen LogP contribution in [-0.2, 0) is 14.3 Å². The first-order chi connectivity index (χ1) is 10.7. The highest BCUT2D eigenvalue weighted by Gasteiger charge is 2.19. The van der Waals surface area contributed by atoms with Gasteiger partial charge in [-0.1, -0.05) is 30.3 Å². The predicted octanol–water partition coefficient (Wildman–Crippen LogP) is 1.64. The highest BCUT2D eigenvalue weighted by molar-refractivity contribution is 5.91. The van der Waals surface area contributed by atoms with Gasteiger partial charge < -0.3 is 14.4 Å². The first-order valence-corrected chi connectivity index (χ1v) is 6.47. The number of nitrogens with zero attached hydrogens (tertiary/aromatic N) is 4. The lowest BCUT2D eigenvalue weighted by atomic mass is 10.2. The second-order valence-electron chi connectivity index (χ2n) is 4.26. The molecular weight excluding hydrogens is 284 g/mol. The van der Waals surface area contributed by atoms with Crippen LogP contribution in [0.5, 0.6) is 0 Å². The van der Waals surface area contributed by atoms with Crippen molar-refractivity contribution in [3.8, 4) is 11.4 Å². The van der Waals surface area contributed by atoms with E-state index in [2.05, 4.69) is 15.0 Å². The van der Waals surface area contributed by atoms with Crippen molar-refractivity contribution in [2.45, 2.75) is 0 Å². The maximum absolute atomic E-state index is 11.8. The number of hydrogen-bond donors (Lipinski definition) is 0. The molecule has 0 atom stereocenters. The van der Waals surface area contributed by atoms with Crippen LogP contribution in [0, 0.1) is 0 Å². The van der Waals surface area contributed by atoms with E-state index in [0.29, 0.717) is 11.8 Å². The third-order valence-corrected chi connectivity index (χ3v) is 2.88. The molecule has 1 heterocycles. The molecule has 0 saturated carbocycles. The van der Waals surface area contributed by atoms with E-state index in [1.807, 2.05) is 30.3 Å². The third-order valence-electron chi connectivity index (χ3n) is 2.88. The van der Waals surface area contributed by atoms with Gasteiger partial charge in [0.05, 0.1) is 14.2 Å². The van der Waals surface area contributed by atoms with Gasteiger partial charge in [-0.05, 0) is 0 Å². The van der Waals surface area contributed by atoms with Crippen molar-refractivity contribution in [1.82, 2.24) is 15.0 Å². The molecule has 0 radical (unpaired) electrons. The number of benzene rings is 1. The number of anilines is 1. The zero-order valence-corrected chi connectivity index (χ0v) is 12.6. The predicted molar refractivity (Wildman–Crippen MR) is 80.8 cm³/mol. The van der Waals surface area contributed by atoms with Crippen LogP contribution in [0.15, 0.2) is 48.6 Å². The Morgan fingerprint density at radius 2 is 1.91 bits per heavy atom. The number of esters is 1. The zero-order chi connectivity index (χ0) is 15.9. The Labute approximate surface area is 128 Å². The molecule has 1 aromatic heterocycles. The van der Waals surface area contributed by atoms with Crippen molar-refractivity contribution < 1.29 is 14.3 Å². The smallest absolute Gasteiger partial charge is 0.357 e. The molecule has 0 spiro atoms. The van der Waals surface area contributed by atoms with Gasteiger partial charge in [-0.15, -0.1) is 0 Å². The fraction of sp³-hybridized carbons (Fsp3) is 0.200. The lowest BCUT2D eigenvalue weighted by Gasteiger charge is -2.18. The molecule has 7 heteroatoms. The van der Waals surface area contributed by atoms with Gasteiger partial charge in [0.25, 0.3) is 0 Å². The summed E-state index contributed by atoms with van der Waals surface area (Å²) in [5.74, 6) is 0.271. The molecule has 2 rings (SSSR count). The Morgan fingerprint density at radius 1 is 1.18 bits per heavy atom. The van der Waals surface area contributed by atoms with Crippen molar-refractivity contribution in [3.05, 3.63) is 48.6 Å². The standard InChI is InChI=1S/C15H16N4O3/c1-19(12(9-21-2)14(20)22-3)15-17-10-16-13(18-15)11-7-5-4-6-8-11/h4-10H,1-3H3/b12-9+. The van der Waals surface area contributed by atoms with Crippen molar-refractivity contribution in [2.75, 3.05) is 26.2 Å². The number of carbonyl (C=O) groups excluding carboxylic acids is 1. The van der Waals surface area contributed by atoms with Crippen LogP contribution in [0.3, 0.4) is 0 Å². The number of carbonyl (C=O) groups is 1. The average Bonchev–Trinajstić information content (AvgIpc) is 2.59. The van der Waals surface area contributed by atoms with Gasteiger partial charge in [-0.25, -0.2) is 14.8 Å². The Bertz CT molecular complexity index is 673. The van der Waals surface area contributed by atoms with E-state index in [-0.39, 0.29) is 5.70 Å². The van der Waals surface area contributed by atoms with Crippen LogP contribution in [0.25, 0.3) is 11.4 Å². The van der Waals surface area contributed by atoms with E-state index in [9.17, 15) is 4.79 Å². The minimum Gasteiger partial charge on any atom is -0.502 e. The molecule has 0 bridgehead atoms. The van der Waals surface area contributed by atoms with Crippen LogP contribution in [-0.4, -0.2) is 42.2 Å². The number of hydrogen-bond acceptors (Lipinski definition) is 7. The second kappa shape index (κ2) is 7.16. The van der Waals surface area contributed by atoms with Gasteiger partial charge >= 0.3 is 5.97 Å². The Balaban J connectivity index is 2.36. The van der Waals surface area contributed by atoms with Crippen LogP contribution < -0.4 is 4.90 Å². The molecule has 0 unspecified atom stereocenters. The first-order valence-electron chi connectivity index (χ1n) is 6.47. The Morgan fingerprint density at radius 3 is 2.55 bits per heavy atom. The van der Waals surface area contributed by atoms with Gasteiger partial charge in [-0.2, -0.15) is 4.98 Å². The SMILES string of the molecule is CO/C=C(\C(=O)OC)N(C)c1ncnc(-c2ccccc2)n1. The molecule has 1 aromatic carbocycles. The summed E-state index contributed by atoms with van der Waals surface area (Å²) in [7, 11) is 4.38. The highest BCUT2D eigenvalue weighted by Crippen LogP contribution is 2.18. The molecule has 0 aliphatic rings. The van der Waals surface area contributed by atoms with Crippen molar-refractivity contribution in [1.29, 1.82) is 0 Å². The summed E-state index contributed by atoms with van der Waals surface area (Å²) in [6.07, 6.45) is 2.67. The minimum absolute atomic E-state index is 0.176. The van der Waals surface area contributed by atoms with E-state index < -0.39 is 5.97 Å². The number of aromatic nitrogens is 3. The molecule has 0 amide bonds. The topological polar surface area (TPSA) is 77.4 Å². The highest BCUT2D eigenvalue weighted by atomic mass is 16.5. The molecule has 0 saturated heterocycles. The van der Waals surface area contributed by atoms with Gasteiger partial charge in [-0.3, -0.25) is 0 Å². The largest absolute Gasteiger partial charge is 0.502 e. The fourth-order valence-electron chi connectivity index (χ4n) is 1.76. The van der Waals surface area contributed by atoms with E-state index >= 15 is 0 Å². The zero-order valence-electron chi connectivity index (χ0n) is 12.6. The van der Waals surface area contributed by atoms with Gasteiger partial charge in [0.1, 0.15) is 12.6 Å². The Kier molecular flexibility index (Phi) is 5.02. The van der Waals surface area contributed by atoms with Gasteiger partial charge in [0.2, 0.25) is 5.95 Å². The summed E-state index contributed by atoms with van der Waals surface area (Å²) in [5.41, 5.74) is 1.03. The van der Waals surface area contributed by atoms with E-state index in [4.69, 9.17) is 9.47 Å². The molecule has 114 valence electrons. The quantitative estimate of drug-likeness (QED) is 0.472. The molecule has 22 heavy (non-hydrogen) atoms. The minimum atomic E-state index is -0.550. The molecular formula is C15H16N4O3. The first kappa shape index (κ1) is 15.4. The van der Waals surface area contributed by atoms with Crippen LogP contribution in [0.4, 0.5) is 5.95 Å². The maximum Gasteiger partial charge on any atom is 0.357 e. The summed E-state index contributed by atoms with van der Waals surface area (Å²) >= 11 is 0. The average molecular weight is 300 g/mol. The summed E-state index contributed by atoms with van der Waals surface area (Å²) in [6.45, 7) is 0. The summed E-state index contributed by atoms with van der Waals surface area (Å²) in [5, 5.41) is 0. The summed E-state index contributed by atoms with van der Waals surface area (Å²) in [4.78, 5) is 25.9. The lowest BCUT2D eigenvalue weighted by molar-refractivity contribution is -0.136. The molecule has 0 aliphatic heterocycles. The molecule has 0 N–H and O–H groups in total. The van der Waals surface area contributed by atoms with Crippen molar-refractivity contribution in [2.24, 2.45) is 0 Å². The summed E-state index contributed by atoms with van der Waals surface area (Å²) < 4.78 is 9.63. The van der Waals surface area contributed by atoms with Gasteiger partial charge in [0.15, 0.2) is 11.5 Å². The molecule has 2 aromatic rings. The van der Waals surface area contributed by atoms with Crippen LogP contribution in [0.1, 0.15) is 0 Å². The Hall–Kier alpha value is -2.96. The van der Waals surface area contributed by atoms with E-state index in [1.165, 1.54) is 31.7 Å². The van der Waals surface area contributed by atoms with Crippen LogP contribution >= 0.6 is 0 Å². The monoisotopic (exact) mass is 300 g/mol. The number of methoxy groups -OCH3 is 2. The van der Waals surface area contributed by atoms with Crippen molar-refractivity contribution in [3.63, 3.8) is 0 Å². The normalized spacial score (nSPS) is 11.0. The lowest BCUT2D eigenvalue weighted by Crippen LogP contribution is -2.26. The summed E-state index contributed by atoms with van der Waals surface area (Å²) in [6, 6.07) is 9.49. The van der Waals surface area contributed by atoms with Crippen LogP contribution in [0.2, 0.25) is 0 Å². The fourth-order valence-corrected chi connectivity index (χ4v) is 1.76. The maximum atomic E-state index is 11.8. The van der Waals surface area contributed by atoms with E-state index in [0.717, 1.165) is 5.56 Å².